The predicted molar refractivity (Wildman–Crippen MR) is 68.9 cm³/mol. The Kier molecular flexibility index (Phi) is 4.98. The van der Waals surface area contributed by atoms with Crippen molar-refractivity contribution in [3.63, 3.8) is 0 Å². The quantitative estimate of drug-likeness (QED) is 0.885. The van der Waals surface area contributed by atoms with E-state index >= 15 is 0 Å². The molecule has 0 spiro atoms. The van der Waals surface area contributed by atoms with Gasteiger partial charge in [-0.2, -0.15) is 13.2 Å². The smallest absolute Gasteiger partial charge is 0.391 e. The van der Waals surface area contributed by atoms with Gasteiger partial charge < -0.3 is 10.4 Å². The van der Waals surface area contributed by atoms with Crippen molar-refractivity contribution >= 4 is 0 Å². The third-order valence-corrected chi connectivity index (χ3v) is 2.59. The highest BCUT2D eigenvalue weighted by Gasteiger charge is 2.30. The van der Waals surface area contributed by atoms with Crippen molar-refractivity contribution in [1.82, 2.24) is 5.32 Å². The molecule has 1 unspecified atom stereocenters. The van der Waals surface area contributed by atoms with Crippen LogP contribution in [0.15, 0.2) is 24.3 Å². The molecule has 0 aliphatic rings. The molecule has 0 aromatic heterocycles. The minimum atomic E-state index is -4.34. The van der Waals surface area contributed by atoms with Gasteiger partial charge in [0.25, 0.3) is 0 Å². The van der Waals surface area contributed by atoms with Crippen LogP contribution in [-0.4, -0.2) is 23.3 Å². The monoisotopic (exact) mass is 275 g/mol. The lowest BCUT2D eigenvalue weighted by Gasteiger charge is -2.23. The summed E-state index contributed by atoms with van der Waals surface area (Å²) in [7, 11) is 0. The van der Waals surface area contributed by atoms with Crippen LogP contribution in [0.5, 0.6) is 0 Å². The van der Waals surface area contributed by atoms with Gasteiger partial charge in [0.05, 0.1) is 11.7 Å². The van der Waals surface area contributed by atoms with Crippen LogP contribution < -0.4 is 5.32 Å². The number of nitrogens with one attached hydrogen (secondary N) is 1. The van der Waals surface area contributed by atoms with E-state index in [2.05, 4.69) is 5.32 Å². The molecule has 2 N–H and O–H groups in total. The lowest BCUT2D eigenvalue weighted by atomic mass is 10.0. The van der Waals surface area contributed by atoms with E-state index in [1.807, 2.05) is 20.8 Å². The maximum Gasteiger partial charge on any atom is 0.416 e. The highest BCUT2D eigenvalue weighted by atomic mass is 19.4. The maximum absolute atomic E-state index is 12.5. The Labute approximate surface area is 111 Å². The molecule has 0 saturated carbocycles. The summed E-state index contributed by atoms with van der Waals surface area (Å²) in [6, 6.07) is 5.07. The lowest BCUT2D eigenvalue weighted by molar-refractivity contribution is -0.137. The second-order valence-electron chi connectivity index (χ2n) is 5.69. The van der Waals surface area contributed by atoms with E-state index in [0.717, 1.165) is 12.1 Å². The van der Waals surface area contributed by atoms with Gasteiger partial charge in [-0.15, -0.1) is 0 Å². The fourth-order valence-corrected chi connectivity index (χ4v) is 1.64. The molecular formula is C14H20F3NO. The Morgan fingerprint density at radius 3 is 2.37 bits per heavy atom. The zero-order valence-electron chi connectivity index (χ0n) is 11.4. The van der Waals surface area contributed by atoms with Crippen LogP contribution in [0.2, 0.25) is 0 Å². The van der Waals surface area contributed by atoms with E-state index in [0.29, 0.717) is 12.1 Å². The molecule has 0 aliphatic heterocycles. The molecule has 0 amide bonds. The van der Waals surface area contributed by atoms with Crippen LogP contribution in [0.4, 0.5) is 13.2 Å². The summed E-state index contributed by atoms with van der Waals surface area (Å²) in [5, 5.41) is 12.9. The van der Waals surface area contributed by atoms with Crippen molar-refractivity contribution in [2.24, 2.45) is 0 Å². The summed E-state index contributed by atoms with van der Waals surface area (Å²) in [5.41, 5.74) is -0.326. The van der Waals surface area contributed by atoms with E-state index in [4.69, 9.17) is 0 Å². The Morgan fingerprint density at radius 1 is 1.21 bits per heavy atom. The van der Waals surface area contributed by atoms with Crippen molar-refractivity contribution in [3.05, 3.63) is 35.4 Å². The van der Waals surface area contributed by atoms with Gasteiger partial charge in [-0.25, -0.2) is 0 Å². The number of β-amino-alcohol motifs (C(OH)–C–C–N with tert-alkyl or cyclic N) is 1. The van der Waals surface area contributed by atoms with Crippen molar-refractivity contribution in [2.75, 3.05) is 6.54 Å². The van der Waals surface area contributed by atoms with Crippen LogP contribution in [0.3, 0.4) is 0 Å². The molecule has 0 aliphatic carbocycles. The van der Waals surface area contributed by atoms with Gasteiger partial charge in [-0.1, -0.05) is 18.2 Å². The Morgan fingerprint density at radius 2 is 1.84 bits per heavy atom. The third-order valence-electron chi connectivity index (χ3n) is 2.59. The van der Waals surface area contributed by atoms with Crippen LogP contribution in [0.25, 0.3) is 0 Å². The number of hydrogen-bond donors (Lipinski definition) is 2. The molecule has 0 fully saturated rings. The minimum Gasteiger partial charge on any atom is -0.391 e. The van der Waals surface area contributed by atoms with Gasteiger partial charge >= 0.3 is 6.18 Å². The van der Waals surface area contributed by atoms with Crippen molar-refractivity contribution in [2.45, 2.75) is 45.0 Å². The number of halogens is 3. The van der Waals surface area contributed by atoms with Crippen LogP contribution in [-0.2, 0) is 12.6 Å². The molecule has 0 heterocycles. The molecule has 0 radical (unpaired) electrons. The van der Waals surface area contributed by atoms with Gasteiger partial charge in [-0.05, 0) is 38.8 Å². The number of benzene rings is 1. The standard InChI is InChI=1S/C14H20F3NO/c1-13(2,3)18-9-12(19)8-10-5-4-6-11(7-10)14(15,16)17/h4-7,12,18-19H,8-9H2,1-3H3. The molecule has 0 saturated heterocycles. The van der Waals surface area contributed by atoms with Gasteiger partial charge in [0, 0.05) is 12.1 Å². The summed E-state index contributed by atoms with van der Waals surface area (Å²) in [4.78, 5) is 0. The fourth-order valence-electron chi connectivity index (χ4n) is 1.64. The minimum absolute atomic E-state index is 0.130. The summed E-state index contributed by atoms with van der Waals surface area (Å²) in [6.45, 7) is 6.23. The molecule has 19 heavy (non-hydrogen) atoms. The number of aliphatic hydroxyl groups is 1. The van der Waals surface area contributed by atoms with E-state index < -0.39 is 17.8 Å². The highest BCUT2D eigenvalue weighted by Crippen LogP contribution is 2.29. The third kappa shape index (κ3) is 6.07. The first kappa shape index (κ1) is 16.0. The number of aliphatic hydroxyl groups excluding tert-OH is 1. The average molecular weight is 275 g/mol. The zero-order valence-corrected chi connectivity index (χ0v) is 11.4. The Balaban J connectivity index is 2.62. The SMILES string of the molecule is CC(C)(C)NCC(O)Cc1cccc(C(F)(F)F)c1. The van der Waals surface area contributed by atoms with Crippen LogP contribution >= 0.6 is 0 Å². The molecule has 2 nitrogen and oxygen atoms in total. The van der Waals surface area contributed by atoms with Crippen molar-refractivity contribution in [1.29, 1.82) is 0 Å². The number of hydrogen-bond acceptors (Lipinski definition) is 2. The van der Waals surface area contributed by atoms with Crippen molar-refractivity contribution in [3.8, 4) is 0 Å². The average Bonchev–Trinajstić information content (AvgIpc) is 2.25. The first-order valence-electron chi connectivity index (χ1n) is 6.17. The molecule has 0 bridgehead atoms. The van der Waals surface area contributed by atoms with Crippen LogP contribution in [0.1, 0.15) is 31.9 Å². The van der Waals surface area contributed by atoms with Crippen molar-refractivity contribution < 1.29 is 18.3 Å². The van der Waals surface area contributed by atoms with E-state index in [1.54, 1.807) is 6.07 Å². The molecule has 1 rings (SSSR count). The van der Waals surface area contributed by atoms with Gasteiger partial charge in [0.15, 0.2) is 0 Å². The number of alkyl halides is 3. The Hall–Kier alpha value is -1.07. The predicted octanol–water partition coefficient (Wildman–Crippen LogP) is 3.00. The normalized spacial score (nSPS) is 14.5. The highest BCUT2D eigenvalue weighted by molar-refractivity contribution is 5.26. The van der Waals surface area contributed by atoms with E-state index in [9.17, 15) is 18.3 Å². The maximum atomic E-state index is 12.5. The second kappa shape index (κ2) is 5.92. The molecular weight excluding hydrogens is 255 g/mol. The van der Waals surface area contributed by atoms with Crippen LogP contribution in [0, 0.1) is 0 Å². The lowest BCUT2D eigenvalue weighted by Crippen LogP contribution is -2.41. The topological polar surface area (TPSA) is 32.3 Å². The number of rotatable bonds is 4. The van der Waals surface area contributed by atoms with E-state index in [-0.39, 0.29) is 12.0 Å². The second-order valence-corrected chi connectivity index (χ2v) is 5.69. The largest absolute Gasteiger partial charge is 0.416 e. The Bertz CT molecular complexity index is 410. The fraction of sp³-hybridized carbons (Fsp3) is 0.571. The van der Waals surface area contributed by atoms with Gasteiger partial charge in [0.1, 0.15) is 0 Å². The zero-order chi connectivity index (χ0) is 14.7. The summed E-state index contributed by atoms with van der Waals surface area (Å²) >= 11 is 0. The molecule has 1 aromatic carbocycles. The van der Waals surface area contributed by atoms with E-state index in [1.165, 1.54) is 6.07 Å². The summed E-state index contributed by atoms with van der Waals surface area (Å²) in [6.07, 6.45) is -4.85. The summed E-state index contributed by atoms with van der Waals surface area (Å²) < 4.78 is 37.6. The summed E-state index contributed by atoms with van der Waals surface area (Å²) in [5.74, 6) is 0. The molecule has 5 heteroatoms. The first-order valence-corrected chi connectivity index (χ1v) is 6.17. The molecule has 1 atom stereocenters. The first-order chi connectivity index (χ1) is 8.58. The van der Waals surface area contributed by atoms with Gasteiger partial charge in [0.2, 0.25) is 0 Å². The molecule has 1 aromatic rings. The van der Waals surface area contributed by atoms with Gasteiger partial charge in [-0.3, -0.25) is 0 Å². The molecule has 108 valence electrons.